The third-order valence-electron chi connectivity index (χ3n) is 9.75. The fraction of sp³-hybridized carbons (Fsp3) is 0.182. The van der Waals surface area contributed by atoms with E-state index in [1.807, 2.05) is 0 Å². The SMILES string of the molecule is CC(C)(Cc1ccc(-c2cccc3c2c2ccccc2n3C(C)(C)C)cc1)c1cccc(-n2c3ccccc3c3ccccc32)c1. The van der Waals surface area contributed by atoms with Crippen molar-refractivity contribution in [2.24, 2.45) is 0 Å². The molecule has 0 saturated heterocycles. The smallest absolute Gasteiger partial charge is 0.0541 e. The lowest BCUT2D eigenvalue weighted by atomic mass is 9.79. The summed E-state index contributed by atoms with van der Waals surface area (Å²) >= 11 is 0. The van der Waals surface area contributed by atoms with Gasteiger partial charge in [0.15, 0.2) is 0 Å². The van der Waals surface area contributed by atoms with E-state index in [9.17, 15) is 0 Å². The van der Waals surface area contributed by atoms with Crippen molar-refractivity contribution in [3.05, 3.63) is 151 Å². The zero-order valence-electron chi connectivity index (χ0n) is 27.4. The molecule has 2 aromatic heterocycles. The van der Waals surface area contributed by atoms with Gasteiger partial charge in [0.2, 0.25) is 0 Å². The predicted molar refractivity (Wildman–Crippen MR) is 197 cm³/mol. The molecule has 2 heterocycles. The molecule has 0 aliphatic carbocycles. The van der Waals surface area contributed by atoms with E-state index < -0.39 is 0 Å². The number of hydrogen-bond acceptors (Lipinski definition) is 0. The van der Waals surface area contributed by atoms with Crippen LogP contribution in [0.3, 0.4) is 0 Å². The maximum absolute atomic E-state index is 2.49. The van der Waals surface area contributed by atoms with Crippen molar-refractivity contribution in [3.8, 4) is 16.8 Å². The van der Waals surface area contributed by atoms with Gasteiger partial charge in [-0.2, -0.15) is 0 Å². The molecule has 0 amide bonds. The molecule has 6 aromatic carbocycles. The number of para-hydroxylation sites is 3. The van der Waals surface area contributed by atoms with Crippen LogP contribution < -0.4 is 0 Å². The van der Waals surface area contributed by atoms with Gasteiger partial charge in [-0.05, 0) is 91.3 Å². The maximum atomic E-state index is 2.49. The van der Waals surface area contributed by atoms with Crippen LogP contribution in [0.2, 0.25) is 0 Å². The molecule has 0 bridgehead atoms. The average Bonchev–Trinajstić information content (AvgIpc) is 3.59. The summed E-state index contributed by atoms with van der Waals surface area (Å²) in [6, 6.07) is 51.5. The lowest BCUT2D eigenvalue weighted by Crippen LogP contribution is -2.21. The second-order valence-corrected chi connectivity index (χ2v) is 14.4. The second kappa shape index (κ2) is 10.5. The van der Waals surface area contributed by atoms with Gasteiger partial charge in [0.05, 0.1) is 16.6 Å². The third kappa shape index (κ3) is 4.55. The van der Waals surface area contributed by atoms with Crippen LogP contribution in [-0.2, 0) is 17.4 Å². The van der Waals surface area contributed by atoms with Gasteiger partial charge in [-0.3, -0.25) is 0 Å². The van der Waals surface area contributed by atoms with Gasteiger partial charge in [-0.15, -0.1) is 0 Å². The fourth-order valence-electron chi connectivity index (χ4n) is 7.66. The summed E-state index contributed by atoms with van der Waals surface area (Å²) < 4.78 is 4.90. The molecule has 2 heteroatoms. The first-order valence-electron chi connectivity index (χ1n) is 16.4. The normalized spacial score (nSPS) is 12.5. The van der Waals surface area contributed by atoms with Crippen LogP contribution in [0.5, 0.6) is 0 Å². The largest absolute Gasteiger partial charge is 0.335 e. The Kier molecular flexibility index (Phi) is 6.48. The topological polar surface area (TPSA) is 9.86 Å². The Morgan fingerprint density at radius 2 is 1.07 bits per heavy atom. The number of fused-ring (bicyclic) bond motifs is 6. The quantitative estimate of drug-likeness (QED) is 0.187. The first kappa shape index (κ1) is 28.4. The van der Waals surface area contributed by atoms with Gasteiger partial charge in [0, 0.05) is 38.3 Å². The van der Waals surface area contributed by atoms with Crippen molar-refractivity contribution in [1.29, 1.82) is 0 Å². The van der Waals surface area contributed by atoms with E-state index >= 15 is 0 Å². The Morgan fingerprint density at radius 1 is 0.500 bits per heavy atom. The minimum absolute atomic E-state index is 0.0196. The summed E-state index contributed by atoms with van der Waals surface area (Å²) in [6.07, 6.45) is 0.956. The molecule has 0 N–H and O–H groups in total. The van der Waals surface area contributed by atoms with Crippen LogP contribution >= 0.6 is 0 Å². The number of nitrogens with zero attached hydrogens (tertiary/aromatic N) is 2. The maximum Gasteiger partial charge on any atom is 0.0541 e. The molecule has 0 radical (unpaired) electrons. The van der Waals surface area contributed by atoms with Gasteiger partial charge >= 0.3 is 0 Å². The molecule has 8 rings (SSSR count). The van der Waals surface area contributed by atoms with E-state index in [1.165, 1.54) is 71.6 Å². The van der Waals surface area contributed by atoms with Crippen molar-refractivity contribution < 1.29 is 0 Å². The van der Waals surface area contributed by atoms with E-state index in [1.54, 1.807) is 0 Å². The van der Waals surface area contributed by atoms with Crippen LogP contribution in [0.1, 0.15) is 45.7 Å². The lowest BCUT2D eigenvalue weighted by molar-refractivity contribution is 0.423. The van der Waals surface area contributed by atoms with Crippen LogP contribution in [0.25, 0.3) is 60.4 Å². The summed E-state index contributed by atoms with van der Waals surface area (Å²) in [5.41, 5.74) is 11.5. The Morgan fingerprint density at radius 3 is 1.72 bits per heavy atom. The summed E-state index contributed by atoms with van der Waals surface area (Å²) in [5.74, 6) is 0. The first-order valence-corrected chi connectivity index (χ1v) is 16.4. The van der Waals surface area contributed by atoms with Gasteiger partial charge in [0.1, 0.15) is 0 Å². The minimum atomic E-state index is -0.0452. The number of benzene rings is 6. The van der Waals surface area contributed by atoms with Gasteiger partial charge < -0.3 is 9.13 Å². The van der Waals surface area contributed by atoms with Gasteiger partial charge in [-0.1, -0.05) is 117 Å². The highest BCUT2D eigenvalue weighted by molar-refractivity contribution is 6.15. The lowest BCUT2D eigenvalue weighted by Gasteiger charge is -2.26. The zero-order valence-corrected chi connectivity index (χ0v) is 27.4. The van der Waals surface area contributed by atoms with E-state index in [0.29, 0.717) is 0 Å². The predicted octanol–water partition coefficient (Wildman–Crippen LogP) is 11.8. The Hall–Kier alpha value is -5.08. The minimum Gasteiger partial charge on any atom is -0.335 e. The molecule has 2 nitrogen and oxygen atoms in total. The summed E-state index contributed by atoms with van der Waals surface area (Å²) in [6.45, 7) is 11.6. The monoisotopic (exact) mass is 596 g/mol. The van der Waals surface area contributed by atoms with Crippen LogP contribution in [-0.4, -0.2) is 9.13 Å². The van der Waals surface area contributed by atoms with Gasteiger partial charge in [-0.25, -0.2) is 0 Å². The molecule has 46 heavy (non-hydrogen) atoms. The summed E-state index contributed by atoms with van der Waals surface area (Å²) in [5, 5.41) is 5.24. The first-order chi connectivity index (χ1) is 22.2. The molecule has 0 aliphatic rings. The third-order valence-corrected chi connectivity index (χ3v) is 9.75. The van der Waals surface area contributed by atoms with Crippen LogP contribution in [0, 0.1) is 0 Å². The van der Waals surface area contributed by atoms with Crippen molar-refractivity contribution in [2.45, 2.75) is 52.0 Å². The van der Waals surface area contributed by atoms with Crippen molar-refractivity contribution in [3.63, 3.8) is 0 Å². The highest BCUT2D eigenvalue weighted by Gasteiger charge is 2.24. The molecule has 0 spiro atoms. The van der Waals surface area contributed by atoms with E-state index in [0.717, 1.165) is 6.42 Å². The molecular weight excluding hydrogens is 556 g/mol. The molecule has 8 aromatic rings. The summed E-state index contributed by atoms with van der Waals surface area (Å²) in [4.78, 5) is 0. The van der Waals surface area contributed by atoms with Crippen molar-refractivity contribution >= 4 is 43.6 Å². The second-order valence-electron chi connectivity index (χ2n) is 14.4. The Balaban J connectivity index is 1.14. The fourth-order valence-corrected chi connectivity index (χ4v) is 7.66. The molecule has 0 aliphatic heterocycles. The van der Waals surface area contributed by atoms with Crippen molar-refractivity contribution in [1.82, 2.24) is 9.13 Å². The van der Waals surface area contributed by atoms with E-state index in [4.69, 9.17) is 0 Å². The standard InChI is InChI=1S/C44H40N2/c1-43(2,3)46-40-22-11-8-18-37(40)42-34(19-13-23-41(42)46)31-26-24-30(25-27-31)29-44(4,5)32-14-12-15-33(28-32)45-38-20-9-6-16-35(38)36-17-7-10-21-39(36)45/h6-28H,29H2,1-5H3. The molecule has 0 atom stereocenters. The summed E-state index contributed by atoms with van der Waals surface area (Å²) in [7, 11) is 0. The van der Waals surface area contributed by atoms with E-state index in [2.05, 4.69) is 183 Å². The molecule has 226 valence electrons. The van der Waals surface area contributed by atoms with Crippen LogP contribution in [0.15, 0.2) is 140 Å². The van der Waals surface area contributed by atoms with Gasteiger partial charge in [0.25, 0.3) is 0 Å². The highest BCUT2D eigenvalue weighted by atomic mass is 15.0. The number of rotatable bonds is 5. The molecule has 0 saturated carbocycles. The zero-order chi connectivity index (χ0) is 31.6. The number of hydrogen-bond donors (Lipinski definition) is 0. The molecular formula is C44H40N2. The number of aromatic nitrogens is 2. The average molecular weight is 597 g/mol. The Labute approximate surface area is 271 Å². The highest BCUT2D eigenvalue weighted by Crippen LogP contribution is 2.40. The van der Waals surface area contributed by atoms with Crippen LogP contribution in [0.4, 0.5) is 0 Å². The molecule has 0 fully saturated rings. The van der Waals surface area contributed by atoms with E-state index in [-0.39, 0.29) is 11.0 Å². The van der Waals surface area contributed by atoms with Crippen molar-refractivity contribution in [2.75, 3.05) is 0 Å². The Bertz CT molecular complexity index is 2340. The molecule has 0 unspecified atom stereocenters.